The van der Waals surface area contributed by atoms with Gasteiger partial charge in [-0.1, -0.05) is 24.3 Å². The molecule has 0 spiro atoms. The van der Waals surface area contributed by atoms with E-state index in [0.29, 0.717) is 37.1 Å². The van der Waals surface area contributed by atoms with E-state index in [1.807, 2.05) is 4.90 Å². The fraction of sp³-hybridized carbons (Fsp3) is 0.381. The van der Waals surface area contributed by atoms with E-state index in [4.69, 9.17) is 0 Å². The van der Waals surface area contributed by atoms with Gasteiger partial charge in [0.05, 0.1) is 23.1 Å². The number of likely N-dealkylation sites (tertiary alicyclic amines) is 1. The number of aliphatic carboxylic acids is 1. The van der Waals surface area contributed by atoms with Crippen LogP contribution in [0.2, 0.25) is 0 Å². The quantitative estimate of drug-likeness (QED) is 0.640. The monoisotopic (exact) mass is 431 g/mol. The molecule has 1 N–H and O–H groups in total. The summed E-state index contributed by atoms with van der Waals surface area (Å²) in [5.41, 5.74) is -0.995. The summed E-state index contributed by atoms with van der Waals surface area (Å²) in [5, 5.41) is 9.18. The largest absolute Gasteiger partial charge is 0.481 e. The van der Waals surface area contributed by atoms with Gasteiger partial charge in [0.15, 0.2) is 0 Å². The second kappa shape index (κ2) is 8.29. The first-order chi connectivity index (χ1) is 14.0. The molecule has 1 heterocycles. The van der Waals surface area contributed by atoms with Crippen LogP contribution in [0.25, 0.3) is 0 Å². The first-order valence-corrected chi connectivity index (χ1v) is 9.28. The maximum atomic E-state index is 13.2. The van der Waals surface area contributed by atoms with Gasteiger partial charge in [0.1, 0.15) is 0 Å². The highest BCUT2D eigenvalue weighted by molar-refractivity contribution is 5.70. The first kappa shape index (κ1) is 22.1. The van der Waals surface area contributed by atoms with Gasteiger partial charge in [-0.15, -0.1) is 0 Å². The van der Waals surface area contributed by atoms with E-state index in [-0.39, 0.29) is 0 Å². The van der Waals surface area contributed by atoms with E-state index >= 15 is 0 Å². The van der Waals surface area contributed by atoms with Crippen molar-refractivity contribution in [3.05, 3.63) is 70.8 Å². The van der Waals surface area contributed by atoms with Crippen molar-refractivity contribution in [3.8, 4) is 0 Å². The molecule has 1 aliphatic heterocycles. The average molecular weight is 431 g/mol. The van der Waals surface area contributed by atoms with Gasteiger partial charge >= 0.3 is 18.3 Å². The topological polar surface area (TPSA) is 40.5 Å². The Balaban J connectivity index is 1.99. The highest BCUT2D eigenvalue weighted by atomic mass is 19.4. The van der Waals surface area contributed by atoms with Gasteiger partial charge in [0.2, 0.25) is 0 Å². The predicted molar refractivity (Wildman–Crippen MR) is 96.7 cm³/mol. The molecule has 0 radical (unpaired) electrons. The number of nitrogens with zero attached hydrogens (tertiary/aromatic N) is 1. The lowest BCUT2D eigenvalue weighted by Gasteiger charge is -2.37. The molecule has 1 saturated heterocycles. The average Bonchev–Trinajstić information content (AvgIpc) is 2.68. The number of halogens is 6. The molecule has 2 aromatic carbocycles. The van der Waals surface area contributed by atoms with Gasteiger partial charge in [-0.2, -0.15) is 26.3 Å². The summed E-state index contributed by atoms with van der Waals surface area (Å²) in [5.74, 6) is -1.48. The van der Waals surface area contributed by atoms with E-state index < -0.39 is 41.4 Å². The summed E-state index contributed by atoms with van der Waals surface area (Å²) in [7, 11) is 0. The number of carboxylic acids is 1. The molecule has 162 valence electrons. The zero-order valence-electron chi connectivity index (χ0n) is 15.7. The summed E-state index contributed by atoms with van der Waals surface area (Å²) >= 11 is 0. The molecule has 0 aliphatic carbocycles. The van der Waals surface area contributed by atoms with Gasteiger partial charge < -0.3 is 5.11 Å². The molecule has 0 amide bonds. The second-order valence-electron chi connectivity index (χ2n) is 7.29. The number of rotatable bonds is 4. The molecular formula is C21H19F6NO2. The zero-order valence-corrected chi connectivity index (χ0v) is 15.7. The molecular weight excluding hydrogens is 412 g/mol. The van der Waals surface area contributed by atoms with Crippen LogP contribution in [-0.4, -0.2) is 29.1 Å². The number of carbonyl (C=O) groups is 1. The van der Waals surface area contributed by atoms with Crippen molar-refractivity contribution in [3.63, 3.8) is 0 Å². The van der Waals surface area contributed by atoms with Crippen molar-refractivity contribution in [1.82, 2.24) is 4.90 Å². The van der Waals surface area contributed by atoms with Gasteiger partial charge in [0, 0.05) is 0 Å². The smallest absolute Gasteiger partial charge is 0.416 e. The molecule has 30 heavy (non-hydrogen) atoms. The highest BCUT2D eigenvalue weighted by Crippen LogP contribution is 2.37. The summed E-state index contributed by atoms with van der Waals surface area (Å²) in [6, 6.07) is 8.30. The summed E-state index contributed by atoms with van der Waals surface area (Å²) in [6.07, 6.45) is -8.46. The number of hydrogen-bond acceptors (Lipinski definition) is 2. The molecule has 3 nitrogen and oxygen atoms in total. The predicted octanol–water partition coefficient (Wildman–Crippen LogP) is 5.61. The summed E-state index contributed by atoms with van der Waals surface area (Å²) in [4.78, 5) is 13.0. The van der Waals surface area contributed by atoms with Crippen molar-refractivity contribution >= 4 is 5.97 Å². The van der Waals surface area contributed by atoms with Crippen LogP contribution in [-0.2, 0) is 17.1 Å². The van der Waals surface area contributed by atoms with Crippen LogP contribution in [0.3, 0.4) is 0 Å². The Morgan fingerprint density at radius 2 is 1.43 bits per heavy atom. The Labute approximate surface area is 168 Å². The number of carboxylic acid groups (broad SMARTS) is 1. The molecule has 0 aromatic heterocycles. The normalized spacial score (nSPS) is 17.7. The lowest BCUT2D eigenvalue weighted by molar-refractivity contribution is -0.143. The van der Waals surface area contributed by atoms with Gasteiger partial charge in [-0.25, -0.2) is 0 Å². The fourth-order valence-corrected chi connectivity index (χ4v) is 3.76. The van der Waals surface area contributed by atoms with Crippen molar-refractivity contribution in [2.24, 2.45) is 5.92 Å². The fourth-order valence-electron chi connectivity index (χ4n) is 3.76. The molecule has 0 bridgehead atoms. The van der Waals surface area contributed by atoms with E-state index in [9.17, 15) is 36.2 Å². The van der Waals surface area contributed by atoms with Crippen LogP contribution in [0.1, 0.15) is 41.1 Å². The third kappa shape index (κ3) is 4.95. The Bertz CT molecular complexity index is 884. The third-order valence-corrected chi connectivity index (χ3v) is 5.33. The van der Waals surface area contributed by atoms with Crippen LogP contribution < -0.4 is 0 Å². The minimum atomic E-state index is -4.56. The van der Waals surface area contributed by atoms with Crippen molar-refractivity contribution in [1.29, 1.82) is 0 Å². The van der Waals surface area contributed by atoms with Crippen molar-refractivity contribution < 1.29 is 36.2 Å². The summed E-state index contributed by atoms with van der Waals surface area (Å²) in [6.45, 7) is 0.609. The van der Waals surface area contributed by atoms with E-state index in [0.717, 1.165) is 24.3 Å². The maximum absolute atomic E-state index is 13.2. The number of hydrogen-bond donors (Lipinski definition) is 1. The molecule has 1 unspecified atom stereocenters. The van der Waals surface area contributed by atoms with Crippen LogP contribution in [0.15, 0.2) is 48.5 Å². The van der Waals surface area contributed by atoms with Crippen LogP contribution in [0.4, 0.5) is 26.3 Å². The van der Waals surface area contributed by atoms with Crippen LogP contribution in [0, 0.1) is 5.92 Å². The molecule has 2 aromatic rings. The highest BCUT2D eigenvalue weighted by Gasteiger charge is 2.35. The molecule has 1 fully saturated rings. The Hall–Kier alpha value is -2.55. The van der Waals surface area contributed by atoms with Crippen molar-refractivity contribution in [2.75, 3.05) is 13.1 Å². The van der Waals surface area contributed by atoms with Crippen LogP contribution in [0.5, 0.6) is 0 Å². The molecule has 9 heteroatoms. The lowest BCUT2D eigenvalue weighted by atomic mass is 9.90. The standard InChI is InChI=1S/C21H19F6NO2/c22-20(23,24)16-6-4-13(5-7-16)18(28-10-8-14(9-11-28)19(29)30)15-2-1-3-17(12-15)21(25,26)27/h1-7,12,14,18H,8-11H2,(H,29,30). The van der Waals surface area contributed by atoms with Gasteiger partial charge in [-0.05, 0) is 61.3 Å². The van der Waals surface area contributed by atoms with Crippen LogP contribution >= 0.6 is 0 Å². The molecule has 1 aliphatic rings. The molecule has 0 saturated carbocycles. The first-order valence-electron chi connectivity index (χ1n) is 9.28. The number of piperidine rings is 1. The third-order valence-electron chi connectivity index (χ3n) is 5.33. The maximum Gasteiger partial charge on any atom is 0.416 e. The Morgan fingerprint density at radius 3 is 1.93 bits per heavy atom. The second-order valence-corrected chi connectivity index (χ2v) is 7.29. The number of benzene rings is 2. The Kier molecular flexibility index (Phi) is 6.12. The minimum absolute atomic E-state index is 0.290. The van der Waals surface area contributed by atoms with E-state index in [1.165, 1.54) is 24.3 Å². The van der Waals surface area contributed by atoms with Gasteiger partial charge in [-0.3, -0.25) is 9.69 Å². The van der Waals surface area contributed by atoms with E-state index in [2.05, 4.69) is 0 Å². The lowest BCUT2D eigenvalue weighted by Crippen LogP contribution is -2.39. The van der Waals surface area contributed by atoms with E-state index in [1.54, 1.807) is 0 Å². The Morgan fingerprint density at radius 1 is 0.867 bits per heavy atom. The minimum Gasteiger partial charge on any atom is -0.481 e. The molecule has 1 atom stereocenters. The number of alkyl halides is 6. The summed E-state index contributed by atoms with van der Waals surface area (Å²) < 4.78 is 78.3. The SMILES string of the molecule is O=C(O)C1CCN(C(c2ccc(C(F)(F)F)cc2)c2cccc(C(F)(F)F)c2)CC1. The van der Waals surface area contributed by atoms with Gasteiger partial charge in [0.25, 0.3) is 0 Å². The molecule has 3 rings (SSSR count). The zero-order chi connectivity index (χ0) is 22.1. The van der Waals surface area contributed by atoms with Crippen molar-refractivity contribution in [2.45, 2.75) is 31.2 Å².